The Kier molecular flexibility index (Phi) is 8.54. The van der Waals surface area contributed by atoms with Crippen molar-refractivity contribution in [3.8, 4) is 11.5 Å². The molecule has 1 saturated heterocycles. The number of rotatable bonds is 12. The highest BCUT2D eigenvalue weighted by Crippen LogP contribution is 2.43. The van der Waals surface area contributed by atoms with E-state index in [1.165, 1.54) is 16.7 Å². The maximum Gasteiger partial charge on any atom is 0.232 e. The van der Waals surface area contributed by atoms with E-state index in [1.54, 1.807) is 0 Å². The van der Waals surface area contributed by atoms with Crippen molar-refractivity contribution < 1.29 is 14.3 Å². The van der Waals surface area contributed by atoms with Gasteiger partial charge in [-0.05, 0) is 78.2 Å². The van der Waals surface area contributed by atoms with E-state index in [0.29, 0.717) is 6.79 Å². The summed E-state index contributed by atoms with van der Waals surface area (Å²) in [5, 5.41) is 3.53. The number of amides is 1. The van der Waals surface area contributed by atoms with Crippen molar-refractivity contribution in [3.05, 3.63) is 131 Å². The van der Waals surface area contributed by atoms with Gasteiger partial charge in [0.2, 0.25) is 12.7 Å². The Morgan fingerprint density at radius 2 is 1.43 bits per heavy atom. The molecule has 6 heteroatoms. The predicted molar refractivity (Wildman–Crippen MR) is 166 cm³/mol. The monoisotopic (exact) mass is 561 g/mol. The molecule has 1 amide bonds. The summed E-state index contributed by atoms with van der Waals surface area (Å²) in [5.41, 5.74) is 11.2. The van der Waals surface area contributed by atoms with Gasteiger partial charge in [0.05, 0.1) is 0 Å². The number of likely N-dealkylation sites (tertiary alicyclic amines) is 1. The third-order valence-electron chi connectivity index (χ3n) is 8.83. The van der Waals surface area contributed by atoms with Crippen LogP contribution in [0.15, 0.2) is 103 Å². The van der Waals surface area contributed by atoms with E-state index in [-0.39, 0.29) is 11.8 Å². The Balaban J connectivity index is 1.02. The van der Waals surface area contributed by atoms with Crippen LogP contribution in [0.2, 0.25) is 0 Å². The van der Waals surface area contributed by atoms with Gasteiger partial charge in [0, 0.05) is 19.6 Å². The largest absolute Gasteiger partial charge is 0.454 e. The summed E-state index contributed by atoms with van der Waals surface area (Å²) in [6.07, 6.45) is 2.90. The van der Waals surface area contributed by atoms with Crippen molar-refractivity contribution >= 4 is 5.91 Å². The Morgan fingerprint density at radius 3 is 2.10 bits per heavy atom. The van der Waals surface area contributed by atoms with E-state index in [9.17, 15) is 4.79 Å². The minimum Gasteiger partial charge on any atom is -0.454 e. The second kappa shape index (κ2) is 12.8. The first-order valence-electron chi connectivity index (χ1n) is 14.9. The molecule has 216 valence electrons. The average molecular weight is 562 g/mol. The molecule has 6 rings (SSSR count). The van der Waals surface area contributed by atoms with Crippen molar-refractivity contribution in [2.24, 2.45) is 11.7 Å². The number of nitrogens with two attached hydrogens (primary N) is 1. The van der Waals surface area contributed by atoms with Crippen molar-refractivity contribution in [1.29, 1.82) is 0 Å². The van der Waals surface area contributed by atoms with Crippen molar-refractivity contribution in [3.63, 3.8) is 0 Å². The average Bonchev–Trinajstić information content (AvgIpc) is 3.70. The molecule has 0 aliphatic carbocycles. The summed E-state index contributed by atoms with van der Waals surface area (Å²) >= 11 is 0. The lowest BCUT2D eigenvalue weighted by molar-refractivity contribution is -0.123. The molecule has 0 spiro atoms. The number of primary amides is 1. The molecule has 3 N–H and O–H groups in total. The highest BCUT2D eigenvalue weighted by Gasteiger charge is 2.49. The Labute approximate surface area is 248 Å². The highest BCUT2D eigenvalue weighted by atomic mass is 16.7. The fourth-order valence-electron chi connectivity index (χ4n) is 6.59. The summed E-state index contributed by atoms with van der Waals surface area (Å²) in [4.78, 5) is 15.8. The molecule has 4 aromatic rings. The number of carbonyl (C=O) groups is 1. The van der Waals surface area contributed by atoms with Crippen LogP contribution in [0, 0.1) is 5.92 Å². The Morgan fingerprint density at radius 1 is 0.810 bits per heavy atom. The smallest absolute Gasteiger partial charge is 0.232 e. The molecule has 0 bridgehead atoms. The molecule has 6 nitrogen and oxygen atoms in total. The number of ether oxygens (including phenoxy) is 2. The standard InChI is InChI=1S/C36H39N3O3/c37-35(40)36(30-7-3-1-4-8-30,31-9-5-2-6-10-31)32-19-22-39(25-32)21-18-28-13-11-27(12-14-28)17-20-38-24-29-15-16-33-34(23-29)42-26-41-33/h1-16,23,32,38H,17-22,24-26H2,(H2,37,40). The lowest BCUT2D eigenvalue weighted by Crippen LogP contribution is -2.49. The van der Waals surface area contributed by atoms with Crippen LogP contribution in [-0.2, 0) is 29.6 Å². The minimum atomic E-state index is -0.838. The second-order valence-corrected chi connectivity index (χ2v) is 11.4. The Hall–Kier alpha value is -4.13. The van der Waals surface area contributed by atoms with Gasteiger partial charge in [0.1, 0.15) is 5.41 Å². The first kappa shape index (κ1) is 28.0. The van der Waals surface area contributed by atoms with E-state index in [4.69, 9.17) is 15.2 Å². The van der Waals surface area contributed by atoms with Gasteiger partial charge in [0.15, 0.2) is 11.5 Å². The molecule has 1 fully saturated rings. The number of hydrogen-bond donors (Lipinski definition) is 2. The van der Waals surface area contributed by atoms with E-state index < -0.39 is 5.41 Å². The van der Waals surface area contributed by atoms with Crippen molar-refractivity contribution in [2.75, 3.05) is 33.0 Å². The summed E-state index contributed by atoms with van der Waals surface area (Å²) in [6, 6.07) is 35.3. The summed E-state index contributed by atoms with van der Waals surface area (Å²) in [6.45, 7) is 4.79. The number of benzene rings is 4. The number of fused-ring (bicyclic) bond motifs is 1. The van der Waals surface area contributed by atoms with Gasteiger partial charge < -0.3 is 25.4 Å². The molecule has 42 heavy (non-hydrogen) atoms. The van der Waals surface area contributed by atoms with Gasteiger partial charge in [-0.2, -0.15) is 0 Å². The zero-order chi connectivity index (χ0) is 28.8. The SMILES string of the molecule is NC(=O)C(c1ccccc1)(c1ccccc1)C1CCN(CCc2ccc(CCNCc3ccc4c(c3)OCO4)cc2)C1. The fraction of sp³-hybridized carbons (Fsp3) is 0.306. The van der Waals surface area contributed by atoms with Gasteiger partial charge in [-0.3, -0.25) is 4.79 Å². The number of nitrogens with zero attached hydrogens (tertiary/aromatic N) is 1. The van der Waals surface area contributed by atoms with Crippen molar-refractivity contribution in [2.45, 2.75) is 31.2 Å². The Bertz CT molecular complexity index is 1430. The molecule has 4 aromatic carbocycles. The topological polar surface area (TPSA) is 76.8 Å². The molecular weight excluding hydrogens is 522 g/mol. The third kappa shape index (κ3) is 5.91. The van der Waals surface area contributed by atoms with Crippen LogP contribution in [0.25, 0.3) is 0 Å². The van der Waals surface area contributed by atoms with Gasteiger partial charge in [-0.15, -0.1) is 0 Å². The third-order valence-corrected chi connectivity index (χ3v) is 8.83. The molecule has 1 atom stereocenters. The maximum atomic E-state index is 13.3. The molecular formula is C36H39N3O3. The van der Waals surface area contributed by atoms with Crippen LogP contribution in [0.4, 0.5) is 0 Å². The van der Waals surface area contributed by atoms with Crippen LogP contribution in [0.3, 0.4) is 0 Å². The molecule has 1 unspecified atom stereocenters. The van der Waals surface area contributed by atoms with Crippen LogP contribution in [0.1, 0.15) is 34.2 Å². The normalized spacial score (nSPS) is 16.5. The van der Waals surface area contributed by atoms with Crippen LogP contribution in [-0.4, -0.2) is 43.8 Å². The summed E-state index contributed by atoms with van der Waals surface area (Å²) in [7, 11) is 0. The first-order valence-corrected chi connectivity index (χ1v) is 14.9. The fourth-order valence-corrected chi connectivity index (χ4v) is 6.59. The lowest BCUT2D eigenvalue weighted by atomic mass is 9.64. The predicted octanol–water partition coefficient (Wildman–Crippen LogP) is 5.08. The molecule has 0 saturated carbocycles. The van der Waals surface area contributed by atoms with Crippen LogP contribution >= 0.6 is 0 Å². The molecule has 0 aromatic heterocycles. The maximum absolute atomic E-state index is 13.3. The van der Waals surface area contributed by atoms with Gasteiger partial charge in [-0.1, -0.05) is 91.0 Å². The van der Waals surface area contributed by atoms with Crippen LogP contribution in [0.5, 0.6) is 11.5 Å². The minimum absolute atomic E-state index is 0.118. The zero-order valence-electron chi connectivity index (χ0n) is 24.0. The first-order chi connectivity index (χ1) is 20.6. The number of nitrogens with one attached hydrogen (secondary N) is 1. The molecule has 2 heterocycles. The van der Waals surface area contributed by atoms with Crippen molar-refractivity contribution in [1.82, 2.24) is 10.2 Å². The van der Waals surface area contributed by atoms with Gasteiger partial charge in [0.25, 0.3) is 0 Å². The molecule has 0 radical (unpaired) electrons. The number of carbonyl (C=O) groups excluding carboxylic acids is 1. The quantitative estimate of drug-likeness (QED) is 0.236. The molecule has 2 aliphatic heterocycles. The second-order valence-electron chi connectivity index (χ2n) is 11.4. The van der Waals surface area contributed by atoms with Gasteiger partial charge >= 0.3 is 0 Å². The highest BCUT2D eigenvalue weighted by molar-refractivity contribution is 5.91. The van der Waals surface area contributed by atoms with Gasteiger partial charge in [-0.25, -0.2) is 0 Å². The zero-order valence-corrected chi connectivity index (χ0v) is 24.0. The number of hydrogen-bond acceptors (Lipinski definition) is 5. The van der Waals surface area contributed by atoms with E-state index in [1.807, 2.05) is 48.5 Å². The van der Waals surface area contributed by atoms with E-state index >= 15 is 0 Å². The van der Waals surface area contributed by atoms with Crippen LogP contribution < -0.4 is 20.5 Å². The van der Waals surface area contributed by atoms with E-state index in [2.05, 4.69) is 64.8 Å². The summed E-state index contributed by atoms with van der Waals surface area (Å²) < 4.78 is 10.9. The summed E-state index contributed by atoms with van der Waals surface area (Å²) in [5.74, 6) is 1.50. The lowest BCUT2D eigenvalue weighted by Gasteiger charge is -2.37. The molecule has 2 aliphatic rings. The van der Waals surface area contributed by atoms with E-state index in [0.717, 1.165) is 74.6 Å².